The number of hydrogen-bond donors (Lipinski definition) is 0. The molecule has 0 bridgehead atoms. The maximum atomic E-state index is 10.3. The zero-order chi connectivity index (χ0) is 29.1. The van der Waals surface area contributed by atoms with Crippen molar-refractivity contribution in [1.29, 1.82) is 10.5 Å². The van der Waals surface area contributed by atoms with E-state index in [0.29, 0.717) is 17.1 Å². The number of allylic oxidation sites excluding steroid dienone is 6. The van der Waals surface area contributed by atoms with Gasteiger partial charge in [-0.15, -0.1) is 0 Å². The third-order valence-corrected chi connectivity index (χ3v) is 9.41. The van der Waals surface area contributed by atoms with Crippen molar-refractivity contribution < 1.29 is 0 Å². The molecule has 3 aromatic carbocycles. The molecule has 0 N–H and O–H groups in total. The van der Waals surface area contributed by atoms with Crippen molar-refractivity contribution in [1.82, 2.24) is 9.13 Å². The minimum absolute atomic E-state index is 0.0135. The fourth-order valence-corrected chi connectivity index (χ4v) is 7.48. The molecule has 4 heteroatoms. The maximum Gasteiger partial charge on any atom is 0.101 e. The van der Waals surface area contributed by atoms with Gasteiger partial charge in [-0.3, -0.25) is 0 Å². The molecule has 0 amide bonds. The van der Waals surface area contributed by atoms with Crippen LogP contribution in [-0.4, -0.2) is 9.13 Å². The van der Waals surface area contributed by atoms with Gasteiger partial charge in [0.05, 0.1) is 28.9 Å². The highest BCUT2D eigenvalue weighted by Crippen LogP contribution is 2.44. The number of hydrogen-bond acceptors (Lipinski definition) is 2. The molecule has 0 spiro atoms. The molecular weight excluding hydrogens is 524 g/mol. The van der Waals surface area contributed by atoms with Gasteiger partial charge in [-0.1, -0.05) is 79.8 Å². The van der Waals surface area contributed by atoms with Crippen molar-refractivity contribution in [3.8, 4) is 17.8 Å². The van der Waals surface area contributed by atoms with Gasteiger partial charge in [0.2, 0.25) is 0 Å². The lowest BCUT2D eigenvalue weighted by Gasteiger charge is -2.31. The van der Waals surface area contributed by atoms with Gasteiger partial charge in [-0.05, 0) is 72.7 Å². The van der Waals surface area contributed by atoms with Crippen LogP contribution in [0.15, 0.2) is 103 Å². The van der Waals surface area contributed by atoms with Gasteiger partial charge in [0.25, 0.3) is 0 Å². The van der Waals surface area contributed by atoms with E-state index in [0.717, 1.165) is 41.7 Å². The molecule has 0 radical (unpaired) electrons. The molecule has 4 nitrogen and oxygen atoms in total. The Hall–Kier alpha value is -5.32. The third kappa shape index (κ3) is 3.88. The molecule has 5 aromatic rings. The molecule has 43 heavy (non-hydrogen) atoms. The largest absolute Gasteiger partial charge is 0.336 e. The van der Waals surface area contributed by atoms with E-state index in [4.69, 9.17) is 0 Å². The SMILES string of the molecule is CC1C=Cc2c(n(C3C=CC(C#N)=CC3c3ccc(C#N)c(-n4c5c(c6ccccc64)CCC=C5)c3)c3ccccc23)C1. The molecule has 2 heterocycles. The summed E-state index contributed by atoms with van der Waals surface area (Å²) in [7, 11) is 0. The highest BCUT2D eigenvalue weighted by molar-refractivity contribution is 5.93. The quantitative estimate of drug-likeness (QED) is 0.223. The van der Waals surface area contributed by atoms with Crippen molar-refractivity contribution in [2.45, 2.75) is 38.1 Å². The van der Waals surface area contributed by atoms with E-state index >= 15 is 0 Å². The van der Waals surface area contributed by atoms with Gasteiger partial charge in [0, 0.05) is 44.7 Å². The van der Waals surface area contributed by atoms with E-state index in [1.165, 1.54) is 33.1 Å². The summed E-state index contributed by atoms with van der Waals surface area (Å²) in [5, 5.41) is 22.8. The number of benzene rings is 3. The maximum absolute atomic E-state index is 10.3. The predicted octanol–water partition coefficient (Wildman–Crippen LogP) is 8.97. The molecule has 0 saturated carbocycles. The lowest BCUT2D eigenvalue weighted by Crippen LogP contribution is -2.21. The van der Waals surface area contributed by atoms with Gasteiger partial charge in [-0.2, -0.15) is 10.5 Å². The molecule has 3 aliphatic carbocycles. The number of aryl methyl sites for hydroxylation is 1. The Kier molecular flexibility index (Phi) is 5.85. The summed E-state index contributed by atoms with van der Waals surface area (Å²) >= 11 is 0. The second kappa shape index (κ2) is 9.90. The first kappa shape index (κ1) is 25.4. The lowest BCUT2D eigenvalue weighted by molar-refractivity contribution is 0.526. The van der Waals surface area contributed by atoms with Crippen molar-refractivity contribution in [2.24, 2.45) is 5.92 Å². The molecule has 3 unspecified atom stereocenters. The topological polar surface area (TPSA) is 57.4 Å². The van der Waals surface area contributed by atoms with E-state index < -0.39 is 0 Å². The summed E-state index contributed by atoms with van der Waals surface area (Å²) in [5.74, 6) is 0.370. The van der Waals surface area contributed by atoms with Crippen LogP contribution in [0.4, 0.5) is 0 Å². The van der Waals surface area contributed by atoms with Gasteiger partial charge in [0.15, 0.2) is 0 Å². The summed E-state index contributed by atoms with van der Waals surface area (Å²) in [6, 6.07) is 28.3. The summed E-state index contributed by atoms with van der Waals surface area (Å²) < 4.78 is 4.77. The summed E-state index contributed by atoms with van der Waals surface area (Å²) in [4.78, 5) is 0. The van der Waals surface area contributed by atoms with E-state index in [2.05, 4.69) is 125 Å². The van der Waals surface area contributed by atoms with Crippen LogP contribution >= 0.6 is 0 Å². The standard InChI is InChI=1S/C39H30N4/c1-25-14-18-32-31-10-4-7-13-36(31)43(39(32)20-25)37-19-15-26(23-40)21-33(37)27-16-17-28(24-41)38(22-27)42-34-11-5-2-8-29(34)30-9-3-6-12-35(30)42/h2,4-8,10-19,21-22,25,33,37H,3,9,20H2,1H3. The number of aromatic nitrogens is 2. The lowest BCUT2D eigenvalue weighted by atomic mass is 9.84. The van der Waals surface area contributed by atoms with Gasteiger partial charge in [0.1, 0.15) is 6.07 Å². The van der Waals surface area contributed by atoms with Crippen LogP contribution in [0.1, 0.15) is 58.9 Å². The first-order chi connectivity index (χ1) is 21.2. The van der Waals surface area contributed by atoms with Crippen LogP contribution in [0.25, 0.3) is 39.6 Å². The fourth-order valence-electron chi connectivity index (χ4n) is 7.48. The van der Waals surface area contributed by atoms with Crippen LogP contribution in [0.2, 0.25) is 0 Å². The predicted molar refractivity (Wildman–Crippen MR) is 174 cm³/mol. The van der Waals surface area contributed by atoms with Gasteiger partial charge >= 0.3 is 0 Å². The van der Waals surface area contributed by atoms with E-state index in [9.17, 15) is 10.5 Å². The molecule has 3 atom stereocenters. The molecule has 0 aliphatic heterocycles. The third-order valence-electron chi connectivity index (χ3n) is 9.41. The summed E-state index contributed by atoms with van der Waals surface area (Å²) in [5.41, 5.74) is 10.7. The van der Waals surface area contributed by atoms with Crippen LogP contribution in [0, 0.1) is 28.6 Å². The van der Waals surface area contributed by atoms with Crippen LogP contribution in [-0.2, 0) is 12.8 Å². The zero-order valence-electron chi connectivity index (χ0n) is 24.0. The Bertz CT molecular complexity index is 2160. The minimum atomic E-state index is -0.0829. The summed E-state index contributed by atoms with van der Waals surface area (Å²) in [6.07, 6.45) is 18.3. The van der Waals surface area contributed by atoms with Gasteiger partial charge in [-0.25, -0.2) is 0 Å². The highest BCUT2D eigenvalue weighted by atomic mass is 15.0. The first-order valence-corrected chi connectivity index (χ1v) is 15.1. The van der Waals surface area contributed by atoms with Crippen molar-refractivity contribution >= 4 is 34.0 Å². The van der Waals surface area contributed by atoms with Gasteiger partial charge < -0.3 is 9.13 Å². The molecule has 2 aromatic heterocycles. The first-order valence-electron chi connectivity index (χ1n) is 15.1. The molecule has 0 saturated heterocycles. The molecule has 3 aliphatic rings. The van der Waals surface area contributed by atoms with E-state index in [1.807, 2.05) is 12.1 Å². The fraction of sp³-hybridized carbons (Fsp3) is 0.179. The Morgan fingerprint density at radius 3 is 2.49 bits per heavy atom. The second-order valence-electron chi connectivity index (χ2n) is 11.9. The Labute approximate surface area is 251 Å². The van der Waals surface area contributed by atoms with E-state index in [1.54, 1.807) is 0 Å². The monoisotopic (exact) mass is 554 g/mol. The van der Waals surface area contributed by atoms with Crippen LogP contribution in [0.3, 0.4) is 0 Å². The van der Waals surface area contributed by atoms with Crippen molar-refractivity contribution in [3.05, 3.63) is 136 Å². The molecule has 8 rings (SSSR count). The Balaban J connectivity index is 1.35. The zero-order valence-corrected chi connectivity index (χ0v) is 24.0. The minimum Gasteiger partial charge on any atom is -0.336 e. The average Bonchev–Trinajstić information content (AvgIpc) is 3.56. The molecule has 0 fully saturated rings. The molecule has 206 valence electrons. The Morgan fingerprint density at radius 1 is 0.837 bits per heavy atom. The van der Waals surface area contributed by atoms with Crippen molar-refractivity contribution in [2.75, 3.05) is 0 Å². The second-order valence-corrected chi connectivity index (χ2v) is 11.9. The highest BCUT2D eigenvalue weighted by Gasteiger charge is 2.31. The normalized spacial score (nSPS) is 20.4. The van der Waals surface area contributed by atoms with Crippen molar-refractivity contribution in [3.63, 3.8) is 0 Å². The van der Waals surface area contributed by atoms with Crippen LogP contribution < -0.4 is 0 Å². The number of nitriles is 2. The number of rotatable bonds is 3. The molecular formula is C39H30N4. The average molecular weight is 555 g/mol. The number of fused-ring (bicyclic) bond motifs is 6. The number of nitrogens with zero attached hydrogens (tertiary/aromatic N) is 4. The summed E-state index contributed by atoms with van der Waals surface area (Å²) in [6.45, 7) is 2.27. The Morgan fingerprint density at radius 2 is 1.65 bits per heavy atom. The smallest absolute Gasteiger partial charge is 0.101 e. The van der Waals surface area contributed by atoms with E-state index in [-0.39, 0.29) is 12.0 Å². The van der Waals surface area contributed by atoms with Crippen LogP contribution in [0.5, 0.6) is 0 Å². The number of para-hydroxylation sites is 2.